The highest BCUT2D eigenvalue weighted by Crippen LogP contribution is 2.28. The van der Waals surface area contributed by atoms with Crippen LogP contribution in [0.3, 0.4) is 0 Å². The standard InChI is InChI=1S/C19H23NO4S/c1-6-24-14-9-12(7-8-13(14)23-5)10-15-18(22)20-17(25-15)11-16(21)19(2,3)4/h7-11H,6H2,1-5H3,(H,20,22)/b15-10-,17-11-. The van der Waals surface area contributed by atoms with Gasteiger partial charge in [0.1, 0.15) is 0 Å². The molecule has 0 atom stereocenters. The van der Waals surface area contributed by atoms with E-state index in [1.54, 1.807) is 19.3 Å². The zero-order valence-corrected chi connectivity index (χ0v) is 16.0. The van der Waals surface area contributed by atoms with E-state index in [0.29, 0.717) is 27.3 Å². The van der Waals surface area contributed by atoms with E-state index in [4.69, 9.17) is 9.47 Å². The Bertz CT molecular complexity index is 932. The Morgan fingerprint density at radius 3 is 2.60 bits per heavy atom. The van der Waals surface area contributed by atoms with Gasteiger partial charge in [-0.25, -0.2) is 0 Å². The summed E-state index contributed by atoms with van der Waals surface area (Å²) < 4.78 is 11.9. The molecule has 0 aliphatic carbocycles. The van der Waals surface area contributed by atoms with Gasteiger partial charge in [-0.15, -0.1) is 11.3 Å². The van der Waals surface area contributed by atoms with Gasteiger partial charge in [0.15, 0.2) is 17.3 Å². The summed E-state index contributed by atoms with van der Waals surface area (Å²) in [5, 5.41) is 0. The molecule has 0 unspecified atom stereocenters. The maximum absolute atomic E-state index is 12.1. The first-order valence-electron chi connectivity index (χ1n) is 8.02. The van der Waals surface area contributed by atoms with Crippen LogP contribution in [0.5, 0.6) is 11.5 Å². The van der Waals surface area contributed by atoms with Crippen molar-refractivity contribution in [1.82, 2.24) is 4.98 Å². The molecule has 1 aromatic carbocycles. The monoisotopic (exact) mass is 361 g/mol. The molecule has 2 rings (SSSR count). The van der Waals surface area contributed by atoms with Crippen LogP contribution in [0.2, 0.25) is 0 Å². The third-order valence-electron chi connectivity index (χ3n) is 3.47. The van der Waals surface area contributed by atoms with E-state index in [9.17, 15) is 9.59 Å². The molecule has 1 aromatic heterocycles. The van der Waals surface area contributed by atoms with Gasteiger partial charge in [0.05, 0.1) is 22.9 Å². The fraction of sp³-hybridized carbons (Fsp3) is 0.368. The van der Waals surface area contributed by atoms with Crippen LogP contribution in [0.4, 0.5) is 0 Å². The number of nitrogens with one attached hydrogen (secondary N) is 1. The number of carbonyl (C=O) groups excluding carboxylic acids is 1. The Labute approximate surface area is 150 Å². The SMILES string of the molecule is CCOc1cc(/C=c2\s/c(=C\C(=O)C(C)(C)C)[nH]c2=O)ccc1OC. The van der Waals surface area contributed by atoms with Crippen LogP contribution >= 0.6 is 11.3 Å². The summed E-state index contributed by atoms with van der Waals surface area (Å²) in [5.41, 5.74) is 0.129. The summed E-state index contributed by atoms with van der Waals surface area (Å²) in [4.78, 5) is 27.0. The van der Waals surface area contributed by atoms with E-state index in [1.165, 1.54) is 17.4 Å². The van der Waals surface area contributed by atoms with Crippen molar-refractivity contribution in [3.8, 4) is 11.5 Å². The van der Waals surface area contributed by atoms with Gasteiger partial charge in [-0.2, -0.15) is 0 Å². The number of hydrogen-bond acceptors (Lipinski definition) is 5. The lowest BCUT2D eigenvalue weighted by molar-refractivity contribution is -0.119. The molecule has 0 aliphatic heterocycles. The van der Waals surface area contributed by atoms with Crippen LogP contribution in [0.15, 0.2) is 23.0 Å². The average molecular weight is 361 g/mol. The molecule has 0 amide bonds. The van der Waals surface area contributed by atoms with Gasteiger partial charge >= 0.3 is 0 Å². The molecule has 0 spiro atoms. The van der Waals surface area contributed by atoms with Crippen molar-refractivity contribution in [2.75, 3.05) is 13.7 Å². The summed E-state index contributed by atoms with van der Waals surface area (Å²) in [6.45, 7) is 7.95. The summed E-state index contributed by atoms with van der Waals surface area (Å²) in [6.07, 6.45) is 3.26. The van der Waals surface area contributed by atoms with Gasteiger partial charge in [-0.05, 0) is 30.7 Å². The van der Waals surface area contributed by atoms with Gasteiger partial charge in [0.25, 0.3) is 5.56 Å². The van der Waals surface area contributed by atoms with E-state index < -0.39 is 5.41 Å². The lowest BCUT2D eigenvalue weighted by Crippen LogP contribution is -2.22. The van der Waals surface area contributed by atoms with Crippen molar-refractivity contribution in [2.24, 2.45) is 5.41 Å². The molecule has 0 bridgehead atoms. The smallest absolute Gasteiger partial charge is 0.266 e. The maximum Gasteiger partial charge on any atom is 0.266 e. The van der Waals surface area contributed by atoms with Gasteiger partial charge in [-0.1, -0.05) is 26.8 Å². The average Bonchev–Trinajstić information content (AvgIpc) is 2.86. The molecule has 0 fully saturated rings. The lowest BCUT2D eigenvalue weighted by atomic mass is 9.91. The van der Waals surface area contributed by atoms with Crippen LogP contribution in [-0.2, 0) is 4.79 Å². The Morgan fingerprint density at radius 2 is 2.00 bits per heavy atom. The Morgan fingerprint density at radius 1 is 1.28 bits per heavy atom. The highest BCUT2D eigenvalue weighted by molar-refractivity contribution is 7.07. The van der Waals surface area contributed by atoms with Gasteiger partial charge < -0.3 is 14.5 Å². The number of ether oxygens (including phenoxy) is 2. The van der Waals surface area contributed by atoms with E-state index in [1.807, 2.05) is 39.8 Å². The summed E-state index contributed by atoms with van der Waals surface area (Å²) in [7, 11) is 1.58. The molecule has 134 valence electrons. The third-order valence-corrected chi connectivity index (χ3v) is 4.43. The molecular formula is C19H23NO4S. The number of methoxy groups -OCH3 is 1. The number of hydrogen-bond donors (Lipinski definition) is 1. The molecule has 1 N–H and O–H groups in total. The number of ketones is 1. The van der Waals surface area contributed by atoms with Crippen molar-refractivity contribution in [3.05, 3.63) is 43.3 Å². The topological polar surface area (TPSA) is 68.4 Å². The number of benzene rings is 1. The molecule has 2 aromatic rings. The van der Waals surface area contributed by atoms with Crippen LogP contribution in [-0.4, -0.2) is 24.5 Å². The number of rotatable bonds is 5. The van der Waals surface area contributed by atoms with Crippen molar-refractivity contribution < 1.29 is 14.3 Å². The Balaban J connectivity index is 2.46. The second-order valence-corrected chi connectivity index (χ2v) is 7.61. The minimum atomic E-state index is -0.479. The first-order valence-corrected chi connectivity index (χ1v) is 8.84. The fourth-order valence-electron chi connectivity index (χ4n) is 2.06. The molecule has 0 radical (unpaired) electrons. The van der Waals surface area contributed by atoms with Crippen LogP contribution in [0.1, 0.15) is 33.3 Å². The fourth-order valence-corrected chi connectivity index (χ4v) is 2.95. The molecule has 0 saturated carbocycles. The highest BCUT2D eigenvalue weighted by Gasteiger charge is 2.18. The number of Topliss-reactive ketones (excluding diaryl/α,β-unsaturated/α-hetero) is 1. The Hall–Kier alpha value is -2.34. The zero-order chi connectivity index (χ0) is 18.6. The van der Waals surface area contributed by atoms with Crippen LogP contribution in [0.25, 0.3) is 12.2 Å². The van der Waals surface area contributed by atoms with E-state index in [2.05, 4.69) is 4.98 Å². The van der Waals surface area contributed by atoms with Crippen molar-refractivity contribution >= 4 is 29.3 Å². The van der Waals surface area contributed by atoms with Crippen molar-refractivity contribution in [3.63, 3.8) is 0 Å². The van der Waals surface area contributed by atoms with E-state index >= 15 is 0 Å². The molecule has 25 heavy (non-hydrogen) atoms. The minimum absolute atomic E-state index is 0.0281. The van der Waals surface area contributed by atoms with Crippen molar-refractivity contribution in [2.45, 2.75) is 27.7 Å². The molecule has 6 heteroatoms. The van der Waals surface area contributed by atoms with Gasteiger partial charge in [0.2, 0.25) is 0 Å². The summed E-state index contributed by atoms with van der Waals surface area (Å²) >= 11 is 1.26. The first-order chi connectivity index (χ1) is 11.7. The second kappa shape index (κ2) is 7.70. The van der Waals surface area contributed by atoms with Crippen molar-refractivity contribution in [1.29, 1.82) is 0 Å². The number of H-pyrrole nitrogens is 1. The quantitative estimate of drug-likeness (QED) is 0.885. The van der Waals surface area contributed by atoms with E-state index in [0.717, 1.165) is 5.56 Å². The number of carbonyl (C=O) groups is 1. The van der Waals surface area contributed by atoms with Crippen LogP contribution in [0, 0.1) is 5.41 Å². The maximum atomic E-state index is 12.1. The predicted octanol–water partition coefficient (Wildman–Crippen LogP) is 2.07. The molecule has 1 heterocycles. The number of thiazole rings is 1. The van der Waals surface area contributed by atoms with Gasteiger partial charge in [0, 0.05) is 11.5 Å². The summed E-state index contributed by atoms with van der Waals surface area (Å²) in [6, 6.07) is 5.48. The third kappa shape index (κ3) is 4.82. The number of aromatic nitrogens is 1. The lowest BCUT2D eigenvalue weighted by Gasteiger charge is -2.12. The molecule has 0 aliphatic rings. The minimum Gasteiger partial charge on any atom is -0.493 e. The summed E-state index contributed by atoms with van der Waals surface area (Å²) in [5.74, 6) is 1.24. The number of aromatic amines is 1. The first kappa shape index (κ1) is 19.0. The highest BCUT2D eigenvalue weighted by atomic mass is 32.1. The normalized spacial score (nSPS) is 13.2. The molecular weight excluding hydrogens is 338 g/mol. The Kier molecular flexibility index (Phi) is 5.85. The molecule has 5 nitrogen and oxygen atoms in total. The zero-order valence-electron chi connectivity index (χ0n) is 15.1. The van der Waals surface area contributed by atoms with Crippen LogP contribution < -0.4 is 24.2 Å². The van der Waals surface area contributed by atoms with E-state index in [-0.39, 0.29) is 11.3 Å². The largest absolute Gasteiger partial charge is 0.493 e. The second-order valence-electron chi connectivity index (χ2n) is 6.53. The van der Waals surface area contributed by atoms with Gasteiger partial charge in [-0.3, -0.25) is 9.59 Å². The molecule has 0 saturated heterocycles. The predicted molar refractivity (Wildman–Crippen MR) is 101 cm³/mol.